The Bertz CT molecular complexity index is 916. The molecule has 2 heterocycles. The summed E-state index contributed by atoms with van der Waals surface area (Å²) in [6.45, 7) is 3.35. The largest absolute Gasteiger partial charge is 0.361 e. The van der Waals surface area contributed by atoms with Crippen LogP contribution < -0.4 is 10.6 Å². The lowest BCUT2D eigenvalue weighted by Crippen LogP contribution is -2.38. The lowest BCUT2D eigenvalue weighted by atomic mass is 10.1. The summed E-state index contributed by atoms with van der Waals surface area (Å²) in [5, 5.41) is 8.90. The van der Waals surface area contributed by atoms with Crippen molar-refractivity contribution in [1.82, 2.24) is 25.8 Å². The van der Waals surface area contributed by atoms with Gasteiger partial charge in [0.1, 0.15) is 11.6 Å². The third-order valence-corrected chi connectivity index (χ3v) is 3.94. The smallest absolute Gasteiger partial charge is 0.273 e. The van der Waals surface area contributed by atoms with E-state index in [-0.39, 0.29) is 24.2 Å². The van der Waals surface area contributed by atoms with E-state index in [0.29, 0.717) is 11.6 Å². The summed E-state index contributed by atoms with van der Waals surface area (Å²) in [5.74, 6) is 0.407. The summed E-state index contributed by atoms with van der Waals surface area (Å²) in [7, 11) is 0. The van der Waals surface area contributed by atoms with E-state index in [1.165, 1.54) is 11.6 Å². The number of benzene rings is 1. The third kappa shape index (κ3) is 5.04. The van der Waals surface area contributed by atoms with Gasteiger partial charge in [0.25, 0.3) is 5.91 Å². The van der Waals surface area contributed by atoms with Crippen molar-refractivity contribution in [3.05, 3.63) is 71.1 Å². The van der Waals surface area contributed by atoms with E-state index in [4.69, 9.17) is 4.52 Å². The Labute approximate surface area is 156 Å². The van der Waals surface area contributed by atoms with Crippen molar-refractivity contribution in [2.45, 2.75) is 26.3 Å². The van der Waals surface area contributed by atoms with Crippen LogP contribution >= 0.6 is 0 Å². The van der Waals surface area contributed by atoms with Gasteiger partial charge in [-0.1, -0.05) is 35.5 Å². The van der Waals surface area contributed by atoms with Gasteiger partial charge in [0.15, 0.2) is 5.69 Å². The number of carbonyl (C=O) groups is 2. The zero-order valence-corrected chi connectivity index (χ0v) is 15.2. The second kappa shape index (κ2) is 8.31. The average molecular weight is 367 g/mol. The SMILES string of the molecule is Cc1cc(C(=O)NCC(=O)NC(C)c2ncc(Cc3ccccc3)[nH]2)no1. The molecule has 0 bridgehead atoms. The van der Waals surface area contributed by atoms with Crippen molar-refractivity contribution < 1.29 is 14.1 Å². The van der Waals surface area contributed by atoms with E-state index in [9.17, 15) is 9.59 Å². The third-order valence-electron chi connectivity index (χ3n) is 3.94. The first kappa shape index (κ1) is 18.4. The summed E-state index contributed by atoms with van der Waals surface area (Å²) in [6.07, 6.45) is 2.50. The molecule has 0 aliphatic rings. The Hall–Kier alpha value is -3.42. The molecule has 140 valence electrons. The van der Waals surface area contributed by atoms with Crippen LogP contribution in [0.1, 0.15) is 46.3 Å². The van der Waals surface area contributed by atoms with Crippen molar-refractivity contribution in [2.75, 3.05) is 6.54 Å². The number of carbonyl (C=O) groups excluding carboxylic acids is 2. The van der Waals surface area contributed by atoms with E-state index in [0.717, 1.165) is 12.1 Å². The molecule has 0 fully saturated rings. The topological polar surface area (TPSA) is 113 Å². The van der Waals surface area contributed by atoms with Crippen molar-refractivity contribution in [1.29, 1.82) is 0 Å². The maximum Gasteiger partial charge on any atom is 0.273 e. The number of hydrogen-bond acceptors (Lipinski definition) is 5. The first-order valence-electron chi connectivity index (χ1n) is 8.60. The number of aromatic nitrogens is 3. The number of aryl methyl sites for hydroxylation is 1. The molecule has 1 aromatic carbocycles. The average Bonchev–Trinajstić information content (AvgIpc) is 3.30. The molecule has 0 radical (unpaired) electrons. The molecule has 3 rings (SSSR count). The zero-order valence-electron chi connectivity index (χ0n) is 15.2. The van der Waals surface area contributed by atoms with Crippen LogP contribution in [-0.4, -0.2) is 33.5 Å². The highest BCUT2D eigenvalue weighted by Crippen LogP contribution is 2.11. The van der Waals surface area contributed by atoms with Crippen molar-refractivity contribution in [2.24, 2.45) is 0 Å². The molecular weight excluding hydrogens is 346 g/mol. The van der Waals surface area contributed by atoms with E-state index >= 15 is 0 Å². The number of nitrogens with zero attached hydrogens (tertiary/aromatic N) is 2. The molecule has 2 amide bonds. The van der Waals surface area contributed by atoms with E-state index in [2.05, 4.69) is 25.8 Å². The molecule has 0 aliphatic carbocycles. The predicted octanol–water partition coefficient (Wildman–Crippen LogP) is 1.90. The van der Waals surface area contributed by atoms with Gasteiger partial charge in [-0.05, 0) is 19.4 Å². The minimum atomic E-state index is -0.460. The van der Waals surface area contributed by atoms with E-state index in [1.807, 2.05) is 37.3 Å². The first-order valence-corrected chi connectivity index (χ1v) is 8.60. The predicted molar refractivity (Wildman–Crippen MR) is 98.0 cm³/mol. The Morgan fingerprint density at radius 1 is 1.26 bits per heavy atom. The molecule has 0 saturated heterocycles. The second-order valence-corrected chi connectivity index (χ2v) is 6.25. The minimum Gasteiger partial charge on any atom is -0.361 e. The van der Waals surface area contributed by atoms with Crippen molar-refractivity contribution in [3.8, 4) is 0 Å². The molecule has 8 heteroatoms. The Morgan fingerprint density at radius 3 is 2.74 bits per heavy atom. The number of imidazole rings is 1. The number of amides is 2. The van der Waals surface area contributed by atoms with Crippen LogP contribution in [0.2, 0.25) is 0 Å². The van der Waals surface area contributed by atoms with E-state index in [1.54, 1.807) is 13.1 Å². The van der Waals surface area contributed by atoms with Crippen molar-refractivity contribution in [3.63, 3.8) is 0 Å². The van der Waals surface area contributed by atoms with Gasteiger partial charge in [-0.25, -0.2) is 4.98 Å². The molecule has 8 nitrogen and oxygen atoms in total. The van der Waals surface area contributed by atoms with Crippen LogP contribution in [-0.2, 0) is 11.2 Å². The maximum atomic E-state index is 12.1. The Morgan fingerprint density at radius 2 is 2.04 bits per heavy atom. The minimum absolute atomic E-state index is 0.143. The highest BCUT2D eigenvalue weighted by atomic mass is 16.5. The van der Waals surface area contributed by atoms with E-state index < -0.39 is 5.91 Å². The molecule has 3 N–H and O–H groups in total. The van der Waals surface area contributed by atoms with Crippen molar-refractivity contribution >= 4 is 11.8 Å². The molecule has 1 unspecified atom stereocenters. The molecule has 0 saturated carbocycles. The molecule has 3 aromatic rings. The fourth-order valence-electron chi connectivity index (χ4n) is 2.59. The maximum absolute atomic E-state index is 12.1. The summed E-state index contributed by atoms with van der Waals surface area (Å²) in [6, 6.07) is 11.2. The summed E-state index contributed by atoms with van der Waals surface area (Å²) in [4.78, 5) is 31.5. The fourth-order valence-corrected chi connectivity index (χ4v) is 2.59. The summed E-state index contributed by atoms with van der Waals surface area (Å²) in [5.41, 5.74) is 2.28. The molecule has 27 heavy (non-hydrogen) atoms. The number of hydrogen-bond donors (Lipinski definition) is 3. The van der Waals surface area contributed by atoms with Gasteiger partial charge < -0.3 is 20.1 Å². The Balaban J connectivity index is 1.49. The van der Waals surface area contributed by atoms with Gasteiger partial charge in [-0.3, -0.25) is 9.59 Å². The summed E-state index contributed by atoms with van der Waals surface area (Å²) < 4.78 is 4.84. The molecule has 0 aliphatic heterocycles. The monoisotopic (exact) mass is 367 g/mol. The molecular formula is C19H21N5O3. The summed E-state index contributed by atoms with van der Waals surface area (Å²) >= 11 is 0. The number of H-pyrrole nitrogens is 1. The van der Waals surface area contributed by atoms with Gasteiger partial charge in [0, 0.05) is 24.4 Å². The number of rotatable bonds is 7. The molecule has 0 spiro atoms. The van der Waals surface area contributed by atoms with Gasteiger partial charge >= 0.3 is 0 Å². The number of aromatic amines is 1. The van der Waals surface area contributed by atoms with Crippen LogP contribution in [0.3, 0.4) is 0 Å². The highest BCUT2D eigenvalue weighted by Gasteiger charge is 2.15. The normalized spacial score (nSPS) is 11.8. The fraction of sp³-hybridized carbons (Fsp3) is 0.263. The lowest BCUT2D eigenvalue weighted by Gasteiger charge is -2.11. The zero-order chi connectivity index (χ0) is 19.2. The van der Waals surface area contributed by atoms with Gasteiger partial charge in [0.05, 0.1) is 12.6 Å². The molecule has 2 aromatic heterocycles. The highest BCUT2D eigenvalue weighted by molar-refractivity contribution is 5.94. The van der Waals surface area contributed by atoms with Crippen LogP contribution in [0, 0.1) is 6.92 Å². The van der Waals surface area contributed by atoms with Crippen LogP contribution in [0.25, 0.3) is 0 Å². The first-order chi connectivity index (χ1) is 13.0. The van der Waals surface area contributed by atoms with Gasteiger partial charge in [0.2, 0.25) is 5.91 Å². The van der Waals surface area contributed by atoms with Crippen LogP contribution in [0.5, 0.6) is 0 Å². The van der Waals surface area contributed by atoms with Gasteiger partial charge in [-0.15, -0.1) is 0 Å². The lowest BCUT2D eigenvalue weighted by molar-refractivity contribution is -0.120. The number of nitrogens with one attached hydrogen (secondary N) is 3. The Kier molecular flexibility index (Phi) is 5.65. The standard InChI is InChI=1S/C19H21N5O3/c1-12-8-16(24-27-12)19(26)21-11-17(25)22-13(2)18-20-10-15(23-18)9-14-6-4-3-5-7-14/h3-8,10,13H,9,11H2,1-2H3,(H,20,23)(H,21,26)(H,22,25). The molecule has 1 atom stereocenters. The van der Waals surface area contributed by atoms with Crippen LogP contribution in [0.4, 0.5) is 0 Å². The van der Waals surface area contributed by atoms with Crippen LogP contribution in [0.15, 0.2) is 47.1 Å². The quantitative estimate of drug-likeness (QED) is 0.590. The second-order valence-electron chi connectivity index (χ2n) is 6.25. The van der Waals surface area contributed by atoms with Gasteiger partial charge in [-0.2, -0.15) is 0 Å².